The molecule has 0 aromatic heterocycles. The van der Waals surface area contributed by atoms with Gasteiger partial charge in [0.2, 0.25) is 0 Å². The minimum Gasteiger partial charge on any atom is -0.396 e. The van der Waals surface area contributed by atoms with Gasteiger partial charge in [0.1, 0.15) is 0 Å². The molecule has 0 aromatic rings. The minimum absolute atomic E-state index is 0.374. The summed E-state index contributed by atoms with van der Waals surface area (Å²) in [6, 6.07) is 0. The normalized spacial score (nSPS) is 13.1. The van der Waals surface area contributed by atoms with E-state index in [1.165, 1.54) is 225 Å². The summed E-state index contributed by atoms with van der Waals surface area (Å²) in [7, 11) is 0. The van der Waals surface area contributed by atoms with Crippen molar-refractivity contribution < 1.29 is 5.11 Å². The second-order valence-corrected chi connectivity index (χ2v) is 15.0. The third-order valence-electron chi connectivity index (χ3n) is 10.3. The van der Waals surface area contributed by atoms with E-state index in [0.29, 0.717) is 6.61 Å². The number of hydrogen-bond acceptors (Lipinski definition) is 1. The Kier molecular flexibility index (Phi) is 38.1. The maximum atomic E-state index is 8.80. The summed E-state index contributed by atoms with van der Waals surface area (Å²) in [6.45, 7) is 7.70. The first-order valence-corrected chi connectivity index (χ1v) is 20.8. The van der Waals surface area contributed by atoms with Crippen molar-refractivity contribution in [2.75, 3.05) is 6.61 Å². The lowest BCUT2D eigenvalue weighted by molar-refractivity contribution is 0.282. The van der Waals surface area contributed by atoms with Crippen molar-refractivity contribution in [1.82, 2.24) is 0 Å². The summed E-state index contributed by atoms with van der Waals surface area (Å²) in [4.78, 5) is 0. The first-order chi connectivity index (χ1) is 21.2. The van der Waals surface area contributed by atoms with Gasteiger partial charge in [-0.2, -0.15) is 0 Å². The van der Waals surface area contributed by atoms with Crippen LogP contribution in [0.25, 0.3) is 0 Å². The van der Waals surface area contributed by atoms with E-state index in [2.05, 4.69) is 20.8 Å². The molecule has 0 amide bonds. The van der Waals surface area contributed by atoms with Gasteiger partial charge in [0.05, 0.1) is 0 Å². The Morgan fingerprint density at radius 3 is 0.744 bits per heavy atom. The van der Waals surface area contributed by atoms with Gasteiger partial charge >= 0.3 is 0 Å². The van der Waals surface area contributed by atoms with E-state index in [1.54, 1.807) is 0 Å². The lowest BCUT2D eigenvalue weighted by Gasteiger charge is -2.14. The summed E-state index contributed by atoms with van der Waals surface area (Å²) in [5, 5.41) is 8.80. The molecule has 2 atom stereocenters. The third kappa shape index (κ3) is 38.1. The fraction of sp³-hybridized carbons (Fsp3) is 1.00. The Morgan fingerprint density at radius 1 is 0.279 bits per heavy atom. The molecule has 43 heavy (non-hydrogen) atoms. The molecule has 0 saturated carbocycles. The monoisotopic (exact) mass is 607 g/mol. The summed E-state index contributed by atoms with van der Waals surface area (Å²) < 4.78 is 0. The molecule has 0 aliphatic carbocycles. The zero-order valence-corrected chi connectivity index (χ0v) is 30.8. The summed E-state index contributed by atoms with van der Waals surface area (Å²) in [5.74, 6) is 1.90. The first kappa shape index (κ1) is 43.0. The maximum Gasteiger partial charge on any atom is 0.0431 e. The SMILES string of the molecule is CCCCCCCCCCCCC(C)CCCC(C)CCCCCCCCCCCCCCCCCCCCCCCO. The molecular weight excluding hydrogens is 520 g/mol. The Balaban J connectivity index is 3.22. The average Bonchev–Trinajstić information content (AvgIpc) is 3.00. The molecule has 260 valence electrons. The van der Waals surface area contributed by atoms with Crippen LogP contribution in [-0.2, 0) is 0 Å². The second kappa shape index (κ2) is 38.1. The van der Waals surface area contributed by atoms with Crippen molar-refractivity contribution in [2.24, 2.45) is 11.8 Å². The molecule has 2 unspecified atom stereocenters. The van der Waals surface area contributed by atoms with Gasteiger partial charge in [-0.3, -0.25) is 0 Å². The molecule has 0 rings (SSSR count). The van der Waals surface area contributed by atoms with E-state index in [9.17, 15) is 0 Å². The molecule has 0 fully saturated rings. The van der Waals surface area contributed by atoms with Crippen molar-refractivity contribution in [2.45, 2.75) is 252 Å². The smallest absolute Gasteiger partial charge is 0.0431 e. The van der Waals surface area contributed by atoms with Gasteiger partial charge in [-0.25, -0.2) is 0 Å². The minimum atomic E-state index is 0.374. The second-order valence-electron chi connectivity index (χ2n) is 15.0. The van der Waals surface area contributed by atoms with Gasteiger partial charge in [-0.05, 0) is 18.3 Å². The van der Waals surface area contributed by atoms with Gasteiger partial charge in [0, 0.05) is 6.61 Å². The zero-order chi connectivity index (χ0) is 31.3. The van der Waals surface area contributed by atoms with Gasteiger partial charge in [0.25, 0.3) is 0 Å². The maximum absolute atomic E-state index is 8.80. The van der Waals surface area contributed by atoms with Crippen LogP contribution in [0.4, 0.5) is 0 Å². The Morgan fingerprint density at radius 2 is 0.488 bits per heavy atom. The van der Waals surface area contributed by atoms with Gasteiger partial charge in [0.15, 0.2) is 0 Å². The van der Waals surface area contributed by atoms with E-state index in [0.717, 1.165) is 18.3 Å². The van der Waals surface area contributed by atoms with Gasteiger partial charge < -0.3 is 5.11 Å². The van der Waals surface area contributed by atoms with Crippen LogP contribution in [0.15, 0.2) is 0 Å². The van der Waals surface area contributed by atoms with Crippen LogP contribution in [0.1, 0.15) is 252 Å². The number of unbranched alkanes of at least 4 members (excludes halogenated alkanes) is 29. The highest BCUT2D eigenvalue weighted by molar-refractivity contribution is 4.60. The predicted octanol–water partition coefficient (Wildman–Crippen LogP) is 15.3. The highest BCUT2D eigenvalue weighted by Crippen LogP contribution is 2.22. The molecule has 1 heteroatoms. The zero-order valence-electron chi connectivity index (χ0n) is 30.8. The lowest BCUT2D eigenvalue weighted by atomic mass is 9.92. The number of hydrogen-bond donors (Lipinski definition) is 1. The topological polar surface area (TPSA) is 20.2 Å². The van der Waals surface area contributed by atoms with Crippen LogP contribution in [0.5, 0.6) is 0 Å². The molecule has 0 radical (unpaired) electrons. The van der Waals surface area contributed by atoms with Crippen LogP contribution in [0, 0.1) is 11.8 Å². The summed E-state index contributed by atoms with van der Waals surface area (Å²) in [5.41, 5.74) is 0. The fourth-order valence-electron chi connectivity index (χ4n) is 7.05. The number of aliphatic hydroxyl groups is 1. The molecule has 0 bridgehead atoms. The molecule has 1 nitrogen and oxygen atoms in total. The molecule has 0 saturated heterocycles. The first-order valence-electron chi connectivity index (χ1n) is 20.8. The quantitative estimate of drug-likeness (QED) is 0.0693. The van der Waals surface area contributed by atoms with Crippen molar-refractivity contribution in [3.8, 4) is 0 Å². The van der Waals surface area contributed by atoms with Crippen LogP contribution >= 0.6 is 0 Å². The van der Waals surface area contributed by atoms with E-state index in [1.807, 2.05) is 0 Å². The van der Waals surface area contributed by atoms with E-state index >= 15 is 0 Å². The molecule has 0 heterocycles. The van der Waals surface area contributed by atoms with Crippen molar-refractivity contribution in [1.29, 1.82) is 0 Å². The van der Waals surface area contributed by atoms with Crippen LogP contribution in [0.2, 0.25) is 0 Å². The molecule has 0 spiro atoms. The van der Waals surface area contributed by atoms with Crippen LogP contribution < -0.4 is 0 Å². The van der Waals surface area contributed by atoms with E-state index < -0.39 is 0 Å². The standard InChI is InChI=1S/C42H86O/c1-4-5-6-7-8-9-23-26-29-32-36-41(2)38-35-39-42(3)37-33-30-27-24-21-19-17-15-13-11-10-12-14-16-18-20-22-25-28-31-34-40-43/h41-43H,4-40H2,1-3H3. The van der Waals surface area contributed by atoms with Crippen molar-refractivity contribution in [3.63, 3.8) is 0 Å². The van der Waals surface area contributed by atoms with E-state index in [-0.39, 0.29) is 0 Å². The van der Waals surface area contributed by atoms with Crippen LogP contribution in [-0.4, -0.2) is 11.7 Å². The van der Waals surface area contributed by atoms with Crippen molar-refractivity contribution >= 4 is 0 Å². The van der Waals surface area contributed by atoms with Gasteiger partial charge in [-0.15, -0.1) is 0 Å². The molecule has 0 aliphatic rings. The predicted molar refractivity (Wildman–Crippen MR) is 197 cm³/mol. The Labute approximate surface area is 274 Å². The molecule has 0 aromatic carbocycles. The fourth-order valence-corrected chi connectivity index (χ4v) is 7.05. The lowest BCUT2D eigenvalue weighted by Crippen LogP contribution is -1.99. The average molecular weight is 607 g/mol. The Hall–Kier alpha value is -0.0400. The van der Waals surface area contributed by atoms with E-state index in [4.69, 9.17) is 5.11 Å². The third-order valence-corrected chi connectivity index (χ3v) is 10.3. The largest absolute Gasteiger partial charge is 0.396 e. The Bertz CT molecular complexity index is 474. The summed E-state index contributed by atoms with van der Waals surface area (Å²) >= 11 is 0. The number of rotatable bonds is 38. The molecule has 0 aliphatic heterocycles. The summed E-state index contributed by atoms with van der Waals surface area (Å²) in [6.07, 6.45) is 51.8. The highest BCUT2D eigenvalue weighted by Gasteiger charge is 2.06. The molecule has 1 N–H and O–H groups in total. The van der Waals surface area contributed by atoms with Crippen LogP contribution in [0.3, 0.4) is 0 Å². The molecular formula is C42H86O. The van der Waals surface area contributed by atoms with Crippen molar-refractivity contribution in [3.05, 3.63) is 0 Å². The van der Waals surface area contributed by atoms with Gasteiger partial charge in [-0.1, -0.05) is 245 Å². The number of aliphatic hydroxyl groups excluding tert-OH is 1. The highest BCUT2D eigenvalue weighted by atomic mass is 16.2.